The third kappa shape index (κ3) is 2.56. The standard InChI is InChI=1S/C13H18N2O2S/c1-17-12(16)9-4-3-5-10(14)11(9)15-8-13(18-2)6-7-13/h3-5,15H,6-8,14H2,1-2H3. The molecule has 0 unspecified atom stereocenters. The molecule has 0 heterocycles. The van der Waals surface area contributed by atoms with Crippen LogP contribution in [0.3, 0.4) is 0 Å². The molecule has 3 N–H and O–H groups in total. The van der Waals surface area contributed by atoms with Crippen LogP contribution in [0.1, 0.15) is 23.2 Å². The van der Waals surface area contributed by atoms with Gasteiger partial charge in [0.05, 0.1) is 24.0 Å². The fraction of sp³-hybridized carbons (Fsp3) is 0.462. The molecule has 18 heavy (non-hydrogen) atoms. The summed E-state index contributed by atoms with van der Waals surface area (Å²) in [5.74, 6) is -0.362. The lowest BCUT2D eigenvalue weighted by Crippen LogP contribution is -2.20. The molecule has 0 spiro atoms. The smallest absolute Gasteiger partial charge is 0.340 e. The molecule has 2 rings (SSSR count). The zero-order valence-corrected chi connectivity index (χ0v) is 11.5. The van der Waals surface area contributed by atoms with Crippen LogP contribution in [0.4, 0.5) is 11.4 Å². The van der Waals surface area contributed by atoms with Crippen molar-refractivity contribution >= 4 is 29.1 Å². The molecule has 0 aromatic heterocycles. The topological polar surface area (TPSA) is 64.3 Å². The van der Waals surface area contributed by atoms with Crippen molar-refractivity contribution in [2.75, 3.05) is 31.0 Å². The number of para-hydroxylation sites is 1. The number of esters is 1. The lowest BCUT2D eigenvalue weighted by atomic mass is 10.1. The minimum atomic E-state index is -0.362. The van der Waals surface area contributed by atoms with Gasteiger partial charge in [-0.05, 0) is 31.2 Å². The Morgan fingerprint density at radius 1 is 1.56 bits per heavy atom. The van der Waals surface area contributed by atoms with Gasteiger partial charge in [0.15, 0.2) is 0 Å². The predicted octanol–water partition coefficient (Wildman–Crippen LogP) is 2.36. The van der Waals surface area contributed by atoms with Crippen LogP contribution >= 0.6 is 11.8 Å². The molecule has 1 fully saturated rings. The lowest BCUT2D eigenvalue weighted by molar-refractivity contribution is 0.0602. The van der Waals surface area contributed by atoms with E-state index in [0.29, 0.717) is 21.7 Å². The Hall–Kier alpha value is -1.36. The Kier molecular flexibility index (Phi) is 3.71. The second kappa shape index (κ2) is 5.10. The number of nitrogens with two attached hydrogens (primary N) is 1. The largest absolute Gasteiger partial charge is 0.465 e. The van der Waals surface area contributed by atoms with E-state index in [2.05, 4.69) is 11.6 Å². The molecular weight excluding hydrogens is 248 g/mol. The number of hydrogen-bond donors (Lipinski definition) is 2. The number of nitrogens with one attached hydrogen (secondary N) is 1. The van der Waals surface area contributed by atoms with Crippen LogP contribution in [0.2, 0.25) is 0 Å². The predicted molar refractivity (Wildman–Crippen MR) is 76.2 cm³/mol. The first-order valence-corrected chi connectivity index (χ1v) is 7.10. The summed E-state index contributed by atoms with van der Waals surface area (Å²) in [6, 6.07) is 5.27. The lowest BCUT2D eigenvalue weighted by Gasteiger charge is -2.17. The summed E-state index contributed by atoms with van der Waals surface area (Å²) in [5.41, 5.74) is 7.69. The minimum Gasteiger partial charge on any atom is -0.465 e. The Balaban J connectivity index is 2.18. The van der Waals surface area contributed by atoms with E-state index in [1.807, 2.05) is 11.8 Å². The summed E-state index contributed by atoms with van der Waals surface area (Å²) in [4.78, 5) is 11.7. The van der Waals surface area contributed by atoms with Crippen LogP contribution in [-0.4, -0.2) is 30.6 Å². The number of anilines is 2. The average molecular weight is 266 g/mol. The van der Waals surface area contributed by atoms with Crippen molar-refractivity contribution < 1.29 is 9.53 Å². The molecule has 1 aromatic carbocycles. The van der Waals surface area contributed by atoms with E-state index in [1.165, 1.54) is 20.0 Å². The highest BCUT2D eigenvalue weighted by Gasteiger charge is 2.41. The van der Waals surface area contributed by atoms with E-state index in [-0.39, 0.29) is 5.97 Å². The first-order chi connectivity index (χ1) is 8.62. The molecule has 1 aliphatic rings. The Morgan fingerprint density at radius 3 is 2.83 bits per heavy atom. The molecule has 1 saturated carbocycles. The van der Waals surface area contributed by atoms with Crippen molar-refractivity contribution in [3.8, 4) is 0 Å². The molecule has 0 radical (unpaired) electrons. The van der Waals surface area contributed by atoms with Crippen molar-refractivity contribution in [2.45, 2.75) is 17.6 Å². The molecule has 0 atom stereocenters. The Morgan fingerprint density at radius 2 is 2.28 bits per heavy atom. The van der Waals surface area contributed by atoms with Crippen LogP contribution in [-0.2, 0) is 4.74 Å². The van der Waals surface area contributed by atoms with Crippen molar-refractivity contribution in [1.29, 1.82) is 0 Å². The monoisotopic (exact) mass is 266 g/mol. The van der Waals surface area contributed by atoms with E-state index >= 15 is 0 Å². The van der Waals surface area contributed by atoms with Gasteiger partial charge in [0.25, 0.3) is 0 Å². The first kappa shape index (κ1) is 13.1. The number of ether oxygens (including phenoxy) is 1. The van der Waals surface area contributed by atoms with Crippen molar-refractivity contribution in [3.63, 3.8) is 0 Å². The molecule has 1 aromatic rings. The second-order valence-corrected chi connectivity index (χ2v) is 5.78. The number of benzene rings is 1. The molecule has 98 valence electrons. The third-order valence-electron chi connectivity index (χ3n) is 3.33. The Labute approximate surface area is 111 Å². The van der Waals surface area contributed by atoms with Crippen molar-refractivity contribution in [1.82, 2.24) is 0 Å². The number of rotatable bonds is 5. The molecule has 5 heteroatoms. The highest BCUT2D eigenvalue weighted by molar-refractivity contribution is 8.00. The quantitative estimate of drug-likeness (QED) is 0.632. The maximum absolute atomic E-state index is 11.7. The van der Waals surface area contributed by atoms with Gasteiger partial charge in [0.1, 0.15) is 0 Å². The molecular formula is C13H18N2O2S. The normalized spacial score (nSPS) is 16.1. The molecule has 0 aliphatic heterocycles. The molecule has 4 nitrogen and oxygen atoms in total. The molecule has 1 aliphatic carbocycles. The highest BCUT2D eigenvalue weighted by Crippen LogP contribution is 2.47. The van der Waals surface area contributed by atoms with Crippen LogP contribution in [0.15, 0.2) is 18.2 Å². The fourth-order valence-corrected chi connectivity index (χ4v) is 2.62. The van der Waals surface area contributed by atoms with Gasteiger partial charge in [-0.15, -0.1) is 0 Å². The number of carbonyl (C=O) groups is 1. The second-order valence-electron chi connectivity index (χ2n) is 4.50. The van der Waals surface area contributed by atoms with Gasteiger partial charge in [-0.25, -0.2) is 4.79 Å². The first-order valence-electron chi connectivity index (χ1n) is 5.88. The summed E-state index contributed by atoms with van der Waals surface area (Å²) in [6.45, 7) is 0.826. The van der Waals surface area contributed by atoms with E-state index in [0.717, 1.165) is 6.54 Å². The summed E-state index contributed by atoms with van der Waals surface area (Å²) in [7, 11) is 1.37. The van der Waals surface area contributed by atoms with Gasteiger partial charge in [0, 0.05) is 11.3 Å². The number of thioether (sulfide) groups is 1. The van der Waals surface area contributed by atoms with E-state index in [9.17, 15) is 4.79 Å². The molecule has 0 bridgehead atoms. The van der Waals surface area contributed by atoms with Gasteiger partial charge in [0.2, 0.25) is 0 Å². The van der Waals surface area contributed by atoms with Crippen LogP contribution in [0, 0.1) is 0 Å². The maximum atomic E-state index is 11.7. The van der Waals surface area contributed by atoms with Gasteiger partial charge < -0.3 is 15.8 Å². The maximum Gasteiger partial charge on any atom is 0.340 e. The summed E-state index contributed by atoms with van der Waals surface area (Å²) in [5, 5.41) is 3.30. The van der Waals surface area contributed by atoms with Gasteiger partial charge in [-0.3, -0.25) is 0 Å². The molecule has 0 amide bonds. The van der Waals surface area contributed by atoms with Crippen molar-refractivity contribution in [2.24, 2.45) is 0 Å². The summed E-state index contributed by atoms with van der Waals surface area (Å²) in [6.07, 6.45) is 4.53. The molecule has 0 saturated heterocycles. The average Bonchev–Trinajstić information content (AvgIpc) is 3.17. The summed E-state index contributed by atoms with van der Waals surface area (Å²) < 4.78 is 5.08. The number of carbonyl (C=O) groups excluding carboxylic acids is 1. The summed E-state index contributed by atoms with van der Waals surface area (Å²) >= 11 is 1.86. The van der Waals surface area contributed by atoms with E-state index < -0.39 is 0 Å². The number of hydrogen-bond acceptors (Lipinski definition) is 5. The van der Waals surface area contributed by atoms with Crippen LogP contribution in [0.5, 0.6) is 0 Å². The highest BCUT2D eigenvalue weighted by atomic mass is 32.2. The number of methoxy groups -OCH3 is 1. The van der Waals surface area contributed by atoms with Gasteiger partial charge in [-0.2, -0.15) is 11.8 Å². The zero-order chi connectivity index (χ0) is 13.2. The van der Waals surface area contributed by atoms with E-state index in [4.69, 9.17) is 10.5 Å². The van der Waals surface area contributed by atoms with Crippen LogP contribution in [0.25, 0.3) is 0 Å². The van der Waals surface area contributed by atoms with E-state index in [1.54, 1.807) is 18.2 Å². The zero-order valence-electron chi connectivity index (χ0n) is 10.7. The third-order valence-corrected chi connectivity index (χ3v) is 4.75. The Bertz CT molecular complexity index is 458. The van der Waals surface area contributed by atoms with Gasteiger partial charge in [-0.1, -0.05) is 6.07 Å². The van der Waals surface area contributed by atoms with Gasteiger partial charge >= 0.3 is 5.97 Å². The minimum absolute atomic E-state index is 0.315. The van der Waals surface area contributed by atoms with Crippen molar-refractivity contribution in [3.05, 3.63) is 23.8 Å². The number of nitrogen functional groups attached to an aromatic ring is 1. The van der Waals surface area contributed by atoms with Crippen LogP contribution < -0.4 is 11.1 Å². The fourth-order valence-electron chi connectivity index (χ4n) is 1.89. The SMILES string of the molecule is COC(=O)c1cccc(N)c1NCC1(SC)CC1.